The minimum atomic E-state index is -3.73. The number of rotatable bonds is 3. The summed E-state index contributed by atoms with van der Waals surface area (Å²) in [6, 6.07) is 2.74. The average molecular weight is 378 g/mol. The van der Waals surface area contributed by atoms with Gasteiger partial charge >= 0.3 is 0 Å². The predicted octanol–water partition coefficient (Wildman–Crippen LogP) is 0.430. The highest BCUT2D eigenvalue weighted by molar-refractivity contribution is 7.89. The van der Waals surface area contributed by atoms with Gasteiger partial charge in [0, 0.05) is 37.8 Å². The van der Waals surface area contributed by atoms with Gasteiger partial charge in [0.15, 0.2) is 6.61 Å². The third-order valence-corrected chi connectivity index (χ3v) is 5.96. The van der Waals surface area contributed by atoms with Gasteiger partial charge in [0.05, 0.1) is 12.8 Å². The van der Waals surface area contributed by atoms with Crippen LogP contribution in [0.4, 0.5) is 5.69 Å². The van der Waals surface area contributed by atoms with E-state index in [0.29, 0.717) is 31.1 Å². The van der Waals surface area contributed by atoms with Gasteiger partial charge in [0.2, 0.25) is 10.0 Å². The molecule has 10 heteroatoms. The van der Waals surface area contributed by atoms with Crippen molar-refractivity contribution in [3.05, 3.63) is 12.1 Å². The van der Waals surface area contributed by atoms with Crippen molar-refractivity contribution < 1.29 is 22.7 Å². The van der Waals surface area contributed by atoms with E-state index in [0.717, 1.165) is 0 Å². The molecular weight excluding hydrogens is 358 g/mol. The van der Waals surface area contributed by atoms with E-state index in [1.54, 1.807) is 0 Å². The van der Waals surface area contributed by atoms with Crippen LogP contribution in [0.25, 0.3) is 0 Å². The summed E-state index contributed by atoms with van der Waals surface area (Å²) in [5, 5.41) is 5.80. The molecule has 1 amide bonds. The van der Waals surface area contributed by atoms with Gasteiger partial charge in [0.25, 0.3) is 5.91 Å². The summed E-state index contributed by atoms with van der Waals surface area (Å²) >= 11 is 0. The van der Waals surface area contributed by atoms with Crippen LogP contribution in [-0.2, 0) is 14.8 Å². The molecule has 1 saturated heterocycles. The number of carbonyl (C=O) groups excluding carboxylic acids is 1. The van der Waals surface area contributed by atoms with E-state index in [4.69, 9.17) is 9.47 Å². The van der Waals surface area contributed by atoms with Crippen LogP contribution in [-0.4, -0.2) is 58.0 Å². The maximum atomic E-state index is 13.0. The normalized spacial score (nSPS) is 21.1. The summed E-state index contributed by atoms with van der Waals surface area (Å²) in [4.78, 5) is 11.4. The molecule has 0 aliphatic carbocycles. The Bertz CT molecular complexity index is 740. The molecular formula is C14H20ClN3O5S. The van der Waals surface area contributed by atoms with E-state index in [2.05, 4.69) is 10.6 Å². The third-order valence-electron chi connectivity index (χ3n) is 3.93. The molecule has 0 bridgehead atoms. The summed E-state index contributed by atoms with van der Waals surface area (Å²) < 4.78 is 38.0. The molecule has 2 aliphatic heterocycles. The summed E-state index contributed by atoms with van der Waals surface area (Å²) in [5.41, 5.74) is 0.408. The molecule has 0 saturated carbocycles. The number of carbonyl (C=O) groups is 1. The molecule has 24 heavy (non-hydrogen) atoms. The van der Waals surface area contributed by atoms with Gasteiger partial charge < -0.3 is 20.1 Å². The Balaban J connectivity index is 0.00000208. The summed E-state index contributed by atoms with van der Waals surface area (Å²) in [7, 11) is -2.33. The molecule has 0 radical (unpaired) electrons. The lowest BCUT2D eigenvalue weighted by Crippen LogP contribution is -2.52. The minimum absolute atomic E-state index is 0. The van der Waals surface area contributed by atoms with E-state index in [-0.39, 0.29) is 41.6 Å². The number of amides is 1. The summed E-state index contributed by atoms with van der Waals surface area (Å²) in [6.07, 6.45) is 0. The fraction of sp³-hybridized carbons (Fsp3) is 0.500. The zero-order chi connectivity index (χ0) is 16.6. The molecule has 2 N–H and O–H groups in total. The fourth-order valence-corrected chi connectivity index (χ4v) is 4.54. The highest BCUT2D eigenvalue weighted by Crippen LogP contribution is 2.38. The lowest BCUT2D eigenvalue weighted by Gasteiger charge is -2.33. The largest absolute Gasteiger partial charge is 0.495 e. The Hall–Kier alpha value is -1.55. The van der Waals surface area contributed by atoms with Crippen LogP contribution in [0.3, 0.4) is 0 Å². The first kappa shape index (κ1) is 18.8. The van der Waals surface area contributed by atoms with Gasteiger partial charge in [-0.25, -0.2) is 8.42 Å². The standard InChI is InChI=1S/C14H19N3O5S.ClH/c1-9-7-15-3-4-17(9)23(19,20)13-6-11-10(5-12(13)21-2)16-14(18)8-22-11;/h5-6,9,15H,3-4,7-8H2,1-2H3,(H,16,18);1H/t9-;/m1./s1. The molecule has 2 heterocycles. The molecule has 3 rings (SSSR count). The predicted molar refractivity (Wildman–Crippen MR) is 90.6 cm³/mol. The lowest BCUT2D eigenvalue weighted by atomic mass is 10.2. The number of fused-ring (bicyclic) bond motifs is 1. The number of hydrogen-bond donors (Lipinski definition) is 2. The van der Waals surface area contributed by atoms with Gasteiger partial charge in [-0.1, -0.05) is 0 Å². The number of anilines is 1. The molecule has 0 spiro atoms. The molecule has 1 fully saturated rings. The van der Waals surface area contributed by atoms with Crippen LogP contribution < -0.4 is 20.1 Å². The average Bonchev–Trinajstić information content (AvgIpc) is 2.53. The number of nitrogens with one attached hydrogen (secondary N) is 2. The first-order chi connectivity index (χ1) is 10.9. The van der Waals surface area contributed by atoms with Crippen molar-refractivity contribution in [1.82, 2.24) is 9.62 Å². The Kier molecular flexibility index (Phi) is 5.59. The van der Waals surface area contributed by atoms with Crippen LogP contribution in [0, 0.1) is 0 Å². The van der Waals surface area contributed by atoms with Crippen LogP contribution in [0.1, 0.15) is 6.92 Å². The van der Waals surface area contributed by atoms with Crippen LogP contribution in [0.15, 0.2) is 17.0 Å². The molecule has 0 unspecified atom stereocenters. The highest BCUT2D eigenvalue weighted by atomic mass is 35.5. The van der Waals surface area contributed by atoms with E-state index < -0.39 is 10.0 Å². The quantitative estimate of drug-likeness (QED) is 0.793. The molecule has 134 valence electrons. The minimum Gasteiger partial charge on any atom is -0.495 e. The zero-order valence-electron chi connectivity index (χ0n) is 13.4. The lowest BCUT2D eigenvalue weighted by molar-refractivity contribution is -0.118. The molecule has 2 aliphatic rings. The Labute approximate surface area is 147 Å². The molecule has 8 nitrogen and oxygen atoms in total. The van der Waals surface area contributed by atoms with Gasteiger partial charge in [-0.3, -0.25) is 4.79 Å². The smallest absolute Gasteiger partial charge is 0.262 e. The van der Waals surface area contributed by atoms with E-state index >= 15 is 0 Å². The van der Waals surface area contributed by atoms with Crippen molar-refractivity contribution in [1.29, 1.82) is 0 Å². The van der Waals surface area contributed by atoms with E-state index in [1.807, 2.05) is 6.92 Å². The number of ether oxygens (including phenoxy) is 2. The van der Waals surface area contributed by atoms with E-state index in [1.165, 1.54) is 23.5 Å². The summed E-state index contributed by atoms with van der Waals surface area (Å²) in [6.45, 7) is 3.30. The molecule has 1 aromatic rings. The van der Waals surface area contributed by atoms with Crippen LogP contribution in [0.2, 0.25) is 0 Å². The van der Waals surface area contributed by atoms with Crippen molar-refractivity contribution in [2.75, 3.05) is 38.7 Å². The fourth-order valence-electron chi connectivity index (χ4n) is 2.75. The molecule has 1 atom stereocenters. The van der Waals surface area contributed by atoms with Crippen LogP contribution >= 0.6 is 12.4 Å². The number of sulfonamides is 1. The van der Waals surface area contributed by atoms with Gasteiger partial charge in [0.1, 0.15) is 16.4 Å². The first-order valence-electron chi connectivity index (χ1n) is 7.30. The SMILES string of the molecule is COc1cc2c(cc1S(=O)(=O)N1CCNC[C@H]1C)OCC(=O)N2.Cl. The van der Waals surface area contributed by atoms with Crippen molar-refractivity contribution in [3.8, 4) is 11.5 Å². The first-order valence-corrected chi connectivity index (χ1v) is 8.74. The van der Waals surface area contributed by atoms with Gasteiger partial charge in [-0.15, -0.1) is 12.4 Å². The topological polar surface area (TPSA) is 97.0 Å². The molecule has 1 aromatic carbocycles. The zero-order valence-corrected chi connectivity index (χ0v) is 15.0. The Morgan fingerprint density at radius 1 is 1.38 bits per heavy atom. The van der Waals surface area contributed by atoms with Crippen LogP contribution in [0.5, 0.6) is 11.5 Å². The van der Waals surface area contributed by atoms with Crippen molar-refractivity contribution in [2.45, 2.75) is 17.9 Å². The Morgan fingerprint density at radius 2 is 2.12 bits per heavy atom. The highest BCUT2D eigenvalue weighted by Gasteiger charge is 2.34. The third kappa shape index (κ3) is 3.30. The van der Waals surface area contributed by atoms with Crippen molar-refractivity contribution in [2.24, 2.45) is 0 Å². The van der Waals surface area contributed by atoms with Gasteiger partial charge in [-0.05, 0) is 6.92 Å². The van der Waals surface area contributed by atoms with E-state index in [9.17, 15) is 13.2 Å². The Morgan fingerprint density at radius 3 is 2.79 bits per heavy atom. The number of halogens is 1. The maximum absolute atomic E-state index is 13.0. The maximum Gasteiger partial charge on any atom is 0.262 e. The second-order valence-corrected chi connectivity index (χ2v) is 7.36. The number of methoxy groups -OCH3 is 1. The monoisotopic (exact) mass is 377 g/mol. The number of nitrogens with zero attached hydrogens (tertiary/aromatic N) is 1. The summed E-state index contributed by atoms with van der Waals surface area (Å²) in [5.74, 6) is 0.220. The number of hydrogen-bond acceptors (Lipinski definition) is 6. The number of piperazine rings is 1. The second kappa shape index (κ2) is 7.14. The van der Waals surface area contributed by atoms with Crippen molar-refractivity contribution in [3.63, 3.8) is 0 Å². The number of benzene rings is 1. The second-order valence-electron chi connectivity index (χ2n) is 5.50. The molecule has 0 aromatic heterocycles. The van der Waals surface area contributed by atoms with Gasteiger partial charge in [-0.2, -0.15) is 4.31 Å². The van der Waals surface area contributed by atoms with Crippen molar-refractivity contribution >= 4 is 34.0 Å².